The Labute approximate surface area is 233 Å². The summed E-state index contributed by atoms with van der Waals surface area (Å²) in [6.07, 6.45) is 3.09. The number of methoxy groups -OCH3 is 1. The van der Waals surface area contributed by atoms with Crippen molar-refractivity contribution < 1.29 is 38.1 Å². The summed E-state index contributed by atoms with van der Waals surface area (Å²) in [7, 11) is 1.24. The number of nitrogens with two attached hydrogens (primary N) is 1. The molecule has 0 saturated carbocycles. The van der Waals surface area contributed by atoms with Crippen LogP contribution in [0.1, 0.15) is 92.1 Å². The maximum Gasteiger partial charge on any atom is 0.326 e. The molecule has 2 N–H and O–H groups in total. The lowest BCUT2D eigenvalue weighted by atomic mass is 9.88. The minimum absolute atomic E-state index is 0.0141. The summed E-state index contributed by atoms with van der Waals surface area (Å²) < 4.78 is 21.4. The Morgan fingerprint density at radius 3 is 1.95 bits per heavy atom. The summed E-state index contributed by atoms with van der Waals surface area (Å²) in [5.41, 5.74) is 5.52. The van der Waals surface area contributed by atoms with Gasteiger partial charge in [-0.3, -0.25) is 19.2 Å². The molecule has 0 aliphatic rings. The van der Waals surface area contributed by atoms with Crippen LogP contribution < -0.4 is 15.2 Å². The molecule has 2 unspecified atom stereocenters. The molecule has 9 heteroatoms. The summed E-state index contributed by atoms with van der Waals surface area (Å²) in [5, 5.41) is 0. The van der Waals surface area contributed by atoms with Gasteiger partial charge in [0.15, 0.2) is 11.5 Å². The smallest absolute Gasteiger partial charge is 0.326 e. The van der Waals surface area contributed by atoms with Crippen molar-refractivity contribution in [3.8, 4) is 11.5 Å². The third-order valence-electron chi connectivity index (χ3n) is 6.73. The number of carbonyl (C=O) groups is 4. The average molecular weight is 550 g/mol. The Morgan fingerprint density at radius 1 is 0.872 bits per heavy atom. The second kappa shape index (κ2) is 16.9. The van der Waals surface area contributed by atoms with Gasteiger partial charge in [-0.1, -0.05) is 60.5 Å². The van der Waals surface area contributed by atoms with Crippen LogP contribution in [0.4, 0.5) is 0 Å². The summed E-state index contributed by atoms with van der Waals surface area (Å²) in [6.45, 7) is 11.8. The van der Waals surface area contributed by atoms with Gasteiger partial charge in [0.2, 0.25) is 0 Å². The molecule has 1 aromatic rings. The Balaban J connectivity index is 3.14. The lowest BCUT2D eigenvalue weighted by Gasteiger charge is -2.27. The zero-order valence-electron chi connectivity index (χ0n) is 24.7. The summed E-state index contributed by atoms with van der Waals surface area (Å²) in [6, 6.07) is 4.72. The molecule has 0 amide bonds. The van der Waals surface area contributed by atoms with Gasteiger partial charge >= 0.3 is 23.9 Å². The van der Waals surface area contributed by atoms with Gasteiger partial charge in [-0.25, -0.2) is 0 Å². The molecule has 0 spiro atoms. The van der Waals surface area contributed by atoms with Crippen LogP contribution in [-0.2, 0) is 35.1 Å². The van der Waals surface area contributed by atoms with Crippen LogP contribution in [0.2, 0.25) is 0 Å². The first-order valence-corrected chi connectivity index (χ1v) is 13.9. The number of hydrogen-bond donors (Lipinski definition) is 1. The fourth-order valence-corrected chi connectivity index (χ4v) is 3.67. The lowest BCUT2D eigenvalue weighted by molar-refractivity contribution is -0.151. The number of esters is 4. The predicted molar refractivity (Wildman–Crippen MR) is 148 cm³/mol. The van der Waals surface area contributed by atoms with E-state index in [-0.39, 0.29) is 68.0 Å². The van der Waals surface area contributed by atoms with E-state index in [0.717, 1.165) is 12.8 Å². The highest BCUT2D eigenvalue weighted by Gasteiger charge is 2.36. The monoisotopic (exact) mass is 549 g/mol. The minimum atomic E-state index is -1.50. The van der Waals surface area contributed by atoms with E-state index in [1.54, 1.807) is 12.1 Å². The van der Waals surface area contributed by atoms with E-state index in [0.29, 0.717) is 17.9 Å². The van der Waals surface area contributed by atoms with Crippen LogP contribution in [0.3, 0.4) is 0 Å². The maximum absolute atomic E-state index is 12.6. The van der Waals surface area contributed by atoms with Crippen LogP contribution in [0.15, 0.2) is 18.2 Å². The molecule has 9 nitrogen and oxygen atoms in total. The molecule has 0 heterocycles. The molecule has 3 atom stereocenters. The van der Waals surface area contributed by atoms with Gasteiger partial charge in [-0.15, -0.1) is 0 Å². The van der Waals surface area contributed by atoms with Gasteiger partial charge in [-0.05, 0) is 41.9 Å². The molecule has 0 radical (unpaired) electrons. The van der Waals surface area contributed by atoms with Crippen molar-refractivity contribution >= 4 is 23.9 Å². The highest BCUT2D eigenvalue weighted by molar-refractivity contribution is 5.81. The first-order chi connectivity index (χ1) is 18.3. The van der Waals surface area contributed by atoms with E-state index in [1.807, 2.05) is 41.5 Å². The first kappa shape index (κ1) is 34.1. The van der Waals surface area contributed by atoms with Crippen molar-refractivity contribution in [3.63, 3.8) is 0 Å². The maximum atomic E-state index is 12.6. The van der Waals surface area contributed by atoms with Crippen LogP contribution in [0.25, 0.3) is 0 Å². The third kappa shape index (κ3) is 12.6. The SMILES string of the molecule is CCC(C)CC(=O)Oc1ccc(C[C@](N)(CCOC(=O)CCC(C)C)C(=O)OC)cc1OC(=O)CC(C)CC. The van der Waals surface area contributed by atoms with Crippen molar-refractivity contribution in [1.29, 1.82) is 0 Å². The molecule has 1 aromatic carbocycles. The van der Waals surface area contributed by atoms with Crippen LogP contribution in [-0.4, -0.2) is 43.1 Å². The van der Waals surface area contributed by atoms with Gasteiger partial charge in [0.25, 0.3) is 0 Å². The van der Waals surface area contributed by atoms with Crippen molar-refractivity contribution in [2.24, 2.45) is 23.5 Å². The molecule has 220 valence electrons. The van der Waals surface area contributed by atoms with E-state index in [4.69, 9.17) is 24.7 Å². The number of benzene rings is 1. The molecule has 0 aliphatic carbocycles. The van der Waals surface area contributed by atoms with E-state index in [2.05, 4.69) is 0 Å². The average Bonchev–Trinajstić information content (AvgIpc) is 2.87. The summed E-state index contributed by atoms with van der Waals surface area (Å²) in [4.78, 5) is 49.7. The van der Waals surface area contributed by atoms with Crippen molar-refractivity contribution in [2.45, 2.75) is 98.4 Å². The zero-order valence-corrected chi connectivity index (χ0v) is 24.7. The Kier molecular flexibility index (Phi) is 14.8. The normalized spacial score (nSPS) is 14.2. The van der Waals surface area contributed by atoms with Crippen LogP contribution in [0, 0.1) is 17.8 Å². The van der Waals surface area contributed by atoms with Crippen LogP contribution >= 0.6 is 0 Å². The van der Waals surface area contributed by atoms with E-state index >= 15 is 0 Å². The lowest BCUT2D eigenvalue weighted by Crippen LogP contribution is -2.51. The second-order valence-corrected chi connectivity index (χ2v) is 10.9. The largest absolute Gasteiger partial charge is 0.468 e. The predicted octanol–water partition coefficient (Wildman–Crippen LogP) is 5.15. The molecular weight excluding hydrogens is 502 g/mol. The van der Waals surface area contributed by atoms with E-state index in [9.17, 15) is 19.2 Å². The molecule has 0 fully saturated rings. The molecule has 0 aromatic heterocycles. The number of ether oxygens (including phenoxy) is 4. The zero-order chi connectivity index (χ0) is 29.6. The van der Waals surface area contributed by atoms with E-state index < -0.39 is 23.4 Å². The van der Waals surface area contributed by atoms with Crippen molar-refractivity contribution in [2.75, 3.05) is 13.7 Å². The Morgan fingerprint density at radius 2 is 1.44 bits per heavy atom. The summed E-state index contributed by atoms with van der Waals surface area (Å²) in [5.74, 6) is -1.08. The highest BCUT2D eigenvalue weighted by atomic mass is 16.6. The third-order valence-corrected chi connectivity index (χ3v) is 6.73. The van der Waals surface area contributed by atoms with Gasteiger partial charge in [0.05, 0.1) is 13.7 Å². The molecule has 39 heavy (non-hydrogen) atoms. The second-order valence-electron chi connectivity index (χ2n) is 10.9. The molecular formula is C30H47NO8. The Bertz CT molecular complexity index is 960. The van der Waals surface area contributed by atoms with Gasteiger partial charge < -0.3 is 24.7 Å². The molecule has 0 saturated heterocycles. The fraction of sp³-hybridized carbons (Fsp3) is 0.667. The van der Waals surface area contributed by atoms with Crippen LogP contribution in [0.5, 0.6) is 11.5 Å². The fourth-order valence-electron chi connectivity index (χ4n) is 3.67. The Hall–Kier alpha value is -2.94. The van der Waals surface area contributed by atoms with Crippen molar-refractivity contribution in [3.05, 3.63) is 23.8 Å². The molecule has 1 rings (SSSR count). The highest BCUT2D eigenvalue weighted by Crippen LogP contribution is 2.32. The van der Waals surface area contributed by atoms with Gasteiger partial charge in [0, 0.05) is 32.1 Å². The van der Waals surface area contributed by atoms with E-state index in [1.165, 1.54) is 13.2 Å². The molecule has 0 aliphatic heterocycles. The molecule has 0 bridgehead atoms. The van der Waals surface area contributed by atoms with Crippen molar-refractivity contribution in [1.82, 2.24) is 0 Å². The number of rotatable bonds is 17. The van der Waals surface area contributed by atoms with Gasteiger partial charge in [-0.2, -0.15) is 0 Å². The minimum Gasteiger partial charge on any atom is -0.468 e. The number of hydrogen-bond acceptors (Lipinski definition) is 9. The first-order valence-electron chi connectivity index (χ1n) is 13.9. The quantitative estimate of drug-likeness (QED) is 0.207. The topological polar surface area (TPSA) is 131 Å². The summed E-state index contributed by atoms with van der Waals surface area (Å²) >= 11 is 0. The van der Waals surface area contributed by atoms with Gasteiger partial charge in [0.1, 0.15) is 5.54 Å². The number of carbonyl (C=O) groups excluding carboxylic acids is 4. The standard InChI is InChI=1S/C30H47NO8/c1-8-21(5)16-27(33)38-24-12-11-23(18-25(24)39-28(34)17-22(6)9-2)19-30(31,29(35)36-7)14-15-37-26(32)13-10-20(3)4/h11-12,18,20-22H,8-10,13-17,19,31H2,1-7H3/t21?,22?,30-/m1/s1.